The smallest absolute Gasteiger partial charge is 0.387 e. The number of carbonyl (C=O) groups is 1. The summed E-state index contributed by atoms with van der Waals surface area (Å²) in [6.45, 7) is 4.85. The fraction of sp³-hybridized carbons (Fsp3) is 0.940. The number of aliphatic hydroxyl groups is 1. The zero-order valence-corrected chi connectivity index (χ0v) is 40.9. The Hall–Kier alpha value is -0.760. The second-order valence-corrected chi connectivity index (χ2v) is 20.4. The molecule has 1 amide bonds. The van der Waals surface area contributed by atoms with Gasteiger partial charge in [-0.2, -0.15) is 0 Å². The fourth-order valence-electron chi connectivity index (χ4n) is 7.69. The molecule has 0 rings (SSSR count). The Kier molecular flexibility index (Phi) is 42.0. The molecule has 0 saturated heterocycles. The molecule has 0 aliphatic rings. The summed E-state index contributed by atoms with van der Waals surface area (Å²) in [5.41, 5.74) is 0. The molecule has 0 aromatic heterocycles. The molecule has 9 heteroatoms. The third-order valence-electron chi connectivity index (χ3n) is 11.8. The lowest BCUT2D eigenvalue weighted by Gasteiger charge is -2.25. The number of rotatable bonds is 47. The van der Waals surface area contributed by atoms with Crippen LogP contribution in [-0.4, -0.2) is 73.4 Å². The van der Waals surface area contributed by atoms with Crippen LogP contribution in [0.15, 0.2) is 12.2 Å². The monoisotopic (exact) mass is 858 g/mol. The molecule has 59 heavy (non-hydrogen) atoms. The third kappa shape index (κ3) is 45.1. The third-order valence-corrected chi connectivity index (χ3v) is 12.7. The van der Waals surface area contributed by atoms with E-state index in [4.69, 9.17) is 9.05 Å². The Morgan fingerprint density at radius 2 is 0.898 bits per heavy atom. The van der Waals surface area contributed by atoms with E-state index in [1.807, 2.05) is 27.2 Å². The van der Waals surface area contributed by atoms with Gasteiger partial charge in [-0.05, 0) is 19.3 Å². The highest BCUT2D eigenvalue weighted by Crippen LogP contribution is 2.43. The van der Waals surface area contributed by atoms with Gasteiger partial charge in [0, 0.05) is 6.42 Å². The Bertz CT molecular complexity index is 974. The molecule has 3 atom stereocenters. The van der Waals surface area contributed by atoms with E-state index in [1.54, 1.807) is 6.08 Å². The normalized spacial score (nSPS) is 14.2. The summed E-state index contributed by atoms with van der Waals surface area (Å²) < 4.78 is 23.6. The van der Waals surface area contributed by atoms with Crippen molar-refractivity contribution in [1.29, 1.82) is 0 Å². The van der Waals surface area contributed by atoms with Crippen LogP contribution in [0, 0.1) is 0 Å². The van der Waals surface area contributed by atoms with Gasteiger partial charge in [0.2, 0.25) is 5.91 Å². The first-order valence-electron chi connectivity index (χ1n) is 25.6. The second-order valence-electron chi connectivity index (χ2n) is 18.9. The molecular weight excluding hydrogens is 756 g/mol. The van der Waals surface area contributed by atoms with E-state index in [1.165, 1.54) is 199 Å². The number of unbranched alkanes of at least 4 members (excludes halogenated alkanes) is 34. The van der Waals surface area contributed by atoms with Gasteiger partial charge in [-0.15, -0.1) is 0 Å². The van der Waals surface area contributed by atoms with Crippen molar-refractivity contribution < 1.29 is 32.9 Å². The molecule has 0 heterocycles. The molecule has 0 saturated carbocycles. The molecule has 0 aromatic carbocycles. The van der Waals surface area contributed by atoms with E-state index in [9.17, 15) is 19.4 Å². The van der Waals surface area contributed by atoms with Crippen molar-refractivity contribution in [3.05, 3.63) is 12.2 Å². The predicted octanol–water partition coefficient (Wildman–Crippen LogP) is 14.7. The van der Waals surface area contributed by atoms with E-state index < -0.39 is 20.0 Å². The van der Waals surface area contributed by atoms with Crippen LogP contribution in [-0.2, 0) is 18.4 Å². The van der Waals surface area contributed by atoms with Crippen LogP contribution < -0.4 is 5.32 Å². The van der Waals surface area contributed by atoms with Gasteiger partial charge in [-0.1, -0.05) is 238 Å². The summed E-state index contributed by atoms with van der Waals surface area (Å²) in [6.07, 6.45) is 50.0. The van der Waals surface area contributed by atoms with Gasteiger partial charge in [-0.25, -0.2) is 4.57 Å². The maximum atomic E-state index is 12.9. The first-order valence-corrected chi connectivity index (χ1v) is 27.1. The molecule has 0 radical (unpaired) electrons. The number of nitrogens with zero attached hydrogens (tertiary/aromatic N) is 1. The first kappa shape index (κ1) is 58.2. The van der Waals surface area contributed by atoms with Crippen molar-refractivity contribution in [1.82, 2.24) is 5.32 Å². The second kappa shape index (κ2) is 42.5. The van der Waals surface area contributed by atoms with Crippen LogP contribution in [0.25, 0.3) is 0 Å². The molecule has 3 unspecified atom stereocenters. The topological polar surface area (TPSA) is 105 Å². The number of likely N-dealkylation sites (N-methyl/N-ethyl adjacent to an activating group) is 1. The standard InChI is InChI=1S/C50H101N2O6P/c1-6-8-10-12-14-16-18-20-22-23-24-25-26-27-28-30-32-34-36-38-40-42-44-50(54)51-48(47-58-59(55,56)57-46-45-52(3,4)5)49(53)43-41-39-37-35-33-31-29-21-19-17-15-13-11-9-7-2/h41,43,48-49,53H,6-40,42,44-47H2,1-5H3,(H-,51,54,55,56)/p+1/b43-41+. The number of phosphoric ester groups is 1. The summed E-state index contributed by atoms with van der Waals surface area (Å²) in [6, 6.07) is -0.840. The van der Waals surface area contributed by atoms with E-state index in [2.05, 4.69) is 19.2 Å². The lowest BCUT2D eigenvalue weighted by Crippen LogP contribution is -2.45. The van der Waals surface area contributed by atoms with Gasteiger partial charge < -0.3 is 19.8 Å². The number of phosphoric acid groups is 1. The van der Waals surface area contributed by atoms with Crippen LogP contribution in [0.5, 0.6) is 0 Å². The molecule has 0 aliphatic carbocycles. The minimum absolute atomic E-state index is 0.0649. The molecular formula is C50H102N2O6P+. The van der Waals surface area contributed by atoms with Gasteiger partial charge in [0.1, 0.15) is 13.2 Å². The van der Waals surface area contributed by atoms with Gasteiger partial charge in [0.05, 0.1) is 39.9 Å². The van der Waals surface area contributed by atoms with Crippen molar-refractivity contribution in [3.8, 4) is 0 Å². The van der Waals surface area contributed by atoms with Crippen molar-refractivity contribution >= 4 is 13.7 Å². The fourth-order valence-corrected chi connectivity index (χ4v) is 8.43. The molecule has 8 nitrogen and oxygen atoms in total. The number of hydrogen-bond acceptors (Lipinski definition) is 5. The Balaban J connectivity index is 4.24. The average Bonchev–Trinajstić information content (AvgIpc) is 3.19. The minimum atomic E-state index is -4.34. The van der Waals surface area contributed by atoms with Gasteiger partial charge in [0.15, 0.2) is 0 Å². The van der Waals surface area contributed by atoms with E-state index in [0.29, 0.717) is 17.4 Å². The quantitative estimate of drug-likeness (QED) is 0.0244. The van der Waals surface area contributed by atoms with Crippen LogP contribution in [0.4, 0.5) is 0 Å². The first-order chi connectivity index (χ1) is 28.5. The number of carbonyl (C=O) groups excluding carboxylic acids is 1. The molecule has 0 aliphatic heterocycles. The lowest BCUT2D eigenvalue weighted by molar-refractivity contribution is -0.870. The largest absolute Gasteiger partial charge is 0.472 e. The Labute approximate surface area is 367 Å². The number of quaternary nitrogens is 1. The highest BCUT2D eigenvalue weighted by Gasteiger charge is 2.27. The summed E-state index contributed by atoms with van der Waals surface area (Å²) in [4.78, 5) is 23.2. The van der Waals surface area contributed by atoms with Gasteiger partial charge >= 0.3 is 7.82 Å². The number of amides is 1. The maximum Gasteiger partial charge on any atom is 0.472 e. The van der Waals surface area contributed by atoms with Crippen LogP contribution in [0.3, 0.4) is 0 Å². The van der Waals surface area contributed by atoms with Crippen LogP contribution >= 0.6 is 7.82 Å². The average molecular weight is 858 g/mol. The highest BCUT2D eigenvalue weighted by molar-refractivity contribution is 7.47. The zero-order valence-electron chi connectivity index (χ0n) is 40.0. The number of aliphatic hydroxyl groups excluding tert-OH is 1. The number of allylic oxidation sites excluding steroid dienone is 1. The summed E-state index contributed by atoms with van der Waals surface area (Å²) in [7, 11) is 1.59. The molecule has 0 bridgehead atoms. The van der Waals surface area contributed by atoms with Crippen molar-refractivity contribution in [2.24, 2.45) is 0 Å². The molecule has 3 N–H and O–H groups in total. The summed E-state index contributed by atoms with van der Waals surface area (Å²) in [5.74, 6) is -0.172. The maximum absolute atomic E-state index is 12.9. The molecule has 0 spiro atoms. The van der Waals surface area contributed by atoms with Crippen molar-refractivity contribution in [3.63, 3.8) is 0 Å². The van der Waals surface area contributed by atoms with Gasteiger partial charge in [0.25, 0.3) is 0 Å². The van der Waals surface area contributed by atoms with Crippen molar-refractivity contribution in [2.45, 2.75) is 264 Å². The zero-order chi connectivity index (χ0) is 43.6. The van der Waals surface area contributed by atoms with Crippen molar-refractivity contribution in [2.75, 3.05) is 40.9 Å². The Morgan fingerprint density at radius 3 is 1.25 bits per heavy atom. The molecule has 0 aromatic rings. The van der Waals surface area contributed by atoms with Crippen LogP contribution in [0.2, 0.25) is 0 Å². The van der Waals surface area contributed by atoms with Crippen LogP contribution in [0.1, 0.15) is 251 Å². The van der Waals surface area contributed by atoms with E-state index in [-0.39, 0.29) is 19.1 Å². The molecule has 0 fully saturated rings. The summed E-state index contributed by atoms with van der Waals surface area (Å²) >= 11 is 0. The summed E-state index contributed by atoms with van der Waals surface area (Å²) in [5, 5.41) is 13.9. The highest BCUT2D eigenvalue weighted by atomic mass is 31.2. The number of nitrogens with one attached hydrogen (secondary N) is 1. The SMILES string of the molecule is CCCCCCCCCCCCCCC/C=C/C(O)C(COP(=O)(O)OCC[N+](C)(C)C)NC(=O)CCCCCCCCCCCCCCCCCCCCCCCC. The number of hydrogen-bond donors (Lipinski definition) is 3. The predicted molar refractivity (Wildman–Crippen MR) is 254 cm³/mol. The van der Waals surface area contributed by atoms with E-state index in [0.717, 1.165) is 32.1 Å². The molecule has 352 valence electrons. The minimum Gasteiger partial charge on any atom is -0.387 e. The van der Waals surface area contributed by atoms with Gasteiger partial charge in [-0.3, -0.25) is 13.8 Å². The Morgan fingerprint density at radius 1 is 0.559 bits per heavy atom. The van der Waals surface area contributed by atoms with E-state index >= 15 is 0 Å². The lowest BCUT2D eigenvalue weighted by atomic mass is 10.0.